The summed E-state index contributed by atoms with van der Waals surface area (Å²) in [5, 5.41) is 3.67. The number of nitrogens with zero attached hydrogens (tertiary/aromatic N) is 1. The zero-order valence-electron chi connectivity index (χ0n) is 18.1. The Bertz CT molecular complexity index is 643. The molecule has 5 nitrogen and oxygen atoms in total. The van der Waals surface area contributed by atoms with E-state index in [1.54, 1.807) is 7.11 Å². The van der Waals surface area contributed by atoms with Gasteiger partial charge in [0.15, 0.2) is 11.5 Å². The van der Waals surface area contributed by atoms with Crippen LogP contribution in [0, 0.1) is 5.92 Å². The van der Waals surface area contributed by atoms with Crippen LogP contribution >= 0.6 is 12.4 Å². The van der Waals surface area contributed by atoms with Gasteiger partial charge in [-0.25, -0.2) is 0 Å². The number of fused-ring (bicyclic) bond motifs is 2. The molecule has 2 saturated heterocycles. The van der Waals surface area contributed by atoms with Gasteiger partial charge in [-0.05, 0) is 62.1 Å². The van der Waals surface area contributed by atoms with Crippen molar-refractivity contribution in [3.63, 3.8) is 0 Å². The molecule has 6 heteroatoms. The van der Waals surface area contributed by atoms with E-state index in [1.807, 2.05) is 23.1 Å². The average molecular weight is 425 g/mol. The lowest BCUT2D eigenvalue weighted by Crippen LogP contribution is -2.40. The Balaban J connectivity index is 0.00000300. The van der Waals surface area contributed by atoms with E-state index in [0.717, 1.165) is 49.3 Å². The van der Waals surface area contributed by atoms with Crippen LogP contribution in [0.2, 0.25) is 0 Å². The molecule has 0 aliphatic carbocycles. The average Bonchev–Trinajstić information content (AvgIpc) is 3.04. The number of nitrogens with one attached hydrogen (secondary N) is 1. The molecular formula is C23H37ClN2O3. The topological polar surface area (TPSA) is 50.8 Å². The highest BCUT2D eigenvalue weighted by Crippen LogP contribution is 2.33. The van der Waals surface area contributed by atoms with E-state index in [-0.39, 0.29) is 12.4 Å². The maximum absolute atomic E-state index is 13.1. The number of hydrogen-bond acceptors (Lipinski definition) is 4. The second-order valence-electron chi connectivity index (χ2n) is 8.33. The lowest BCUT2D eigenvalue weighted by Gasteiger charge is -2.31. The quantitative estimate of drug-likeness (QED) is 0.597. The van der Waals surface area contributed by atoms with E-state index in [4.69, 9.17) is 9.47 Å². The van der Waals surface area contributed by atoms with E-state index >= 15 is 0 Å². The van der Waals surface area contributed by atoms with Crippen LogP contribution in [0.5, 0.6) is 11.5 Å². The third-order valence-electron chi connectivity index (χ3n) is 5.94. The molecule has 3 rings (SSSR count). The summed E-state index contributed by atoms with van der Waals surface area (Å²) >= 11 is 0. The molecule has 2 aliphatic rings. The van der Waals surface area contributed by atoms with Crippen molar-refractivity contribution in [2.75, 3.05) is 20.3 Å². The van der Waals surface area contributed by atoms with Crippen LogP contribution in [0.3, 0.4) is 0 Å². The number of benzene rings is 1. The zero-order chi connectivity index (χ0) is 19.9. The third kappa shape index (κ3) is 6.51. The Labute approximate surface area is 181 Å². The predicted octanol–water partition coefficient (Wildman–Crippen LogP) is 4.57. The van der Waals surface area contributed by atoms with Gasteiger partial charge in [-0.1, -0.05) is 19.9 Å². The number of carbonyl (C=O) groups excluding carboxylic acids is 1. The van der Waals surface area contributed by atoms with E-state index in [0.29, 0.717) is 43.5 Å². The van der Waals surface area contributed by atoms with Crippen molar-refractivity contribution in [1.82, 2.24) is 10.2 Å². The van der Waals surface area contributed by atoms with Crippen molar-refractivity contribution in [3.8, 4) is 11.5 Å². The molecule has 2 atom stereocenters. The highest BCUT2D eigenvalue weighted by atomic mass is 35.5. The van der Waals surface area contributed by atoms with E-state index < -0.39 is 0 Å². The third-order valence-corrected chi connectivity index (χ3v) is 5.94. The van der Waals surface area contributed by atoms with Gasteiger partial charge in [-0.15, -0.1) is 12.4 Å². The molecule has 0 spiro atoms. The fraction of sp³-hybridized carbons (Fsp3) is 0.696. The number of methoxy groups -OCH3 is 1. The molecule has 2 heterocycles. The fourth-order valence-corrected chi connectivity index (χ4v) is 4.64. The van der Waals surface area contributed by atoms with Crippen molar-refractivity contribution in [2.24, 2.45) is 5.92 Å². The van der Waals surface area contributed by atoms with E-state index in [1.165, 1.54) is 12.8 Å². The van der Waals surface area contributed by atoms with Gasteiger partial charge in [0.1, 0.15) is 0 Å². The molecule has 2 fully saturated rings. The van der Waals surface area contributed by atoms with Crippen molar-refractivity contribution < 1.29 is 14.3 Å². The largest absolute Gasteiger partial charge is 0.493 e. The SMILES string of the molecule is CCCOc1ccc(CN(CCC)C(=O)CC2CC3CCC(C2)N3)cc1OC.Cl. The molecule has 164 valence electrons. The summed E-state index contributed by atoms with van der Waals surface area (Å²) < 4.78 is 11.2. The van der Waals surface area contributed by atoms with Crippen molar-refractivity contribution in [3.05, 3.63) is 23.8 Å². The van der Waals surface area contributed by atoms with Crippen molar-refractivity contribution >= 4 is 18.3 Å². The van der Waals surface area contributed by atoms with Crippen LogP contribution in [0.25, 0.3) is 0 Å². The van der Waals surface area contributed by atoms with Crippen LogP contribution < -0.4 is 14.8 Å². The molecule has 0 saturated carbocycles. The van der Waals surface area contributed by atoms with Crippen LogP contribution in [-0.4, -0.2) is 43.2 Å². The second kappa shape index (κ2) is 11.7. The minimum Gasteiger partial charge on any atom is -0.493 e. The number of carbonyl (C=O) groups is 1. The lowest BCUT2D eigenvalue weighted by molar-refractivity contribution is -0.133. The first kappa shape index (κ1) is 23.8. The Morgan fingerprint density at radius 3 is 2.48 bits per heavy atom. The van der Waals surface area contributed by atoms with Gasteiger partial charge in [0.05, 0.1) is 13.7 Å². The summed E-state index contributed by atoms with van der Waals surface area (Å²) in [4.78, 5) is 15.1. The van der Waals surface area contributed by atoms with E-state index in [2.05, 4.69) is 19.2 Å². The van der Waals surface area contributed by atoms with Crippen LogP contribution in [0.4, 0.5) is 0 Å². The first-order chi connectivity index (χ1) is 13.6. The van der Waals surface area contributed by atoms with Crippen molar-refractivity contribution in [2.45, 2.75) is 77.4 Å². The molecule has 0 radical (unpaired) electrons. The number of hydrogen-bond donors (Lipinski definition) is 1. The summed E-state index contributed by atoms with van der Waals surface area (Å²) in [6.07, 6.45) is 7.48. The van der Waals surface area contributed by atoms with E-state index in [9.17, 15) is 4.79 Å². The molecule has 1 aromatic rings. The Morgan fingerprint density at radius 2 is 1.86 bits per heavy atom. The highest BCUT2D eigenvalue weighted by molar-refractivity contribution is 5.85. The monoisotopic (exact) mass is 424 g/mol. The number of ether oxygens (including phenoxy) is 2. The van der Waals surface area contributed by atoms with Crippen LogP contribution in [-0.2, 0) is 11.3 Å². The maximum Gasteiger partial charge on any atom is 0.223 e. The minimum atomic E-state index is 0. The van der Waals surface area contributed by atoms with Gasteiger partial charge in [0.2, 0.25) is 5.91 Å². The molecule has 0 aromatic heterocycles. The Hall–Kier alpha value is -1.46. The molecule has 2 unspecified atom stereocenters. The first-order valence-corrected chi connectivity index (χ1v) is 11.0. The van der Waals surface area contributed by atoms with Gasteiger partial charge < -0.3 is 19.7 Å². The summed E-state index contributed by atoms with van der Waals surface area (Å²) in [5.74, 6) is 2.33. The molecule has 2 bridgehead atoms. The summed E-state index contributed by atoms with van der Waals surface area (Å²) in [6, 6.07) is 7.29. The fourth-order valence-electron chi connectivity index (χ4n) is 4.64. The molecule has 1 N–H and O–H groups in total. The molecule has 1 aromatic carbocycles. The highest BCUT2D eigenvalue weighted by Gasteiger charge is 2.34. The molecule has 29 heavy (non-hydrogen) atoms. The van der Waals surface area contributed by atoms with Crippen LogP contribution in [0.1, 0.15) is 64.4 Å². The van der Waals surface area contributed by atoms with Gasteiger partial charge in [-0.3, -0.25) is 4.79 Å². The summed E-state index contributed by atoms with van der Waals surface area (Å²) in [5.41, 5.74) is 1.09. The summed E-state index contributed by atoms with van der Waals surface area (Å²) in [7, 11) is 1.66. The first-order valence-electron chi connectivity index (χ1n) is 11.0. The van der Waals surface area contributed by atoms with Gasteiger partial charge >= 0.3 is 0 Å². The normalized spacial score (nSPS) is 22.7. The summed E-state index contributed by atoms with van der Waals surface area (Å²) in [6.45, 7) is 6.33. The van der Waals surface area contributed by atoms with Crippen LogP contribution in [0.15, 0.2) is 18.2 Å². The Kier molecular flexibility index (Phi) is 9.57. The second-order valence-corrected chi connectivity index (χ2v) is 8.33. The zero-order valence-corrected chi connectivity index (χ0v) is 18.9. The maximum atomic E-state index is 13.1. The number of amides is 1. The van der Waals surface area contributed by atoms with Gasteiger partial charge in [-0.2, -0.15) is 0 Å². The molecular weight excluding hydrogens is 388 g/mol. The predicted molar refractivity (Wildman–Crippen MR) is 119 cm³/mol. The number of rotatable bonds is 10. The van der Waals surface area contributed by atoms with Gasteiger partial charge in [0.25, 0.3) is 0 Å². The van der Waals surface area contributed by atoms with Gasteiger partial charge in [0, 0.05) is 31.6 Å². The standard InChI is InChI=1S/C23H36N2O3.ClH/c1-4-10-25(23(26)15-18-12-19-7-8-20(13-18)24-19)16-17-6-9-21(28-11-5-2)22(14-17)27-3;/h6,9,14,18-20,24H,4-5,7-8,10-13,15-16H2,1-3H3;1H. The smallest absolute Gasteiger partial charge is 0.223 e. The number of piperidine rings is 1. The lowest BCUT2D eigenvalue weighted by atomic mass is 9.89. The minimum absolute atomic E-state index is 0. The van der Waals surface area contributed by atoms with Crippen molar-refractivity contribution in [1.29, 1.82) is 0 Å². The number of halogens is 1. The Morgan fingerprint density at radius 1 is 1.14 bits per heavy atom. The molecule has 1 amide bonds. The molecule has 2 aliphatic heterocycles.